The summed E-state index contributed by atoms with van der Waals surface area (Å²) >= 11 is 1.71. The van der Waals surface area contributed by atoms with Crippen LogP contribution < -0.4 is 11.1 Å². The topological polar surface area (TPSA) is 53.6 Å². The summed E-state index contributed by atoms with van der Waals surface area (Å²) in [7, 11) is 2.01. The summed E-state index contributed by atoms with van der Waals surface area (Å²) < 4.78 is 38.6. The molecule has 0 amide bonds. The number of likely N-dealkylation sites (tertiary alicyclic amines) is 1. The number of nitrogens with two attached hydrogens (primary N) is 1. The Morgan fingerprint density at radius 3 is 2.69 bits per heavy atom. The Kier molecular flexibility index (Phi) is 7.18. The van der Waals surface area contributed by atoms with Crippen molar-refractivity contribution in [3.63, 3.8) is 0 Å². The van der Waals surface area contributed by atoms with Gasteiger partial charge in [-0.25, -0.2) is 0 Å². The van der Waals surface area contributed by atoms with E-state index in [2.05, 4.69) is 21.3 Å². The number of aliphatic imine (C=N–C) groups is 1. The lowest BCUT2D eigenvalue weighted by Crippen LogP contribution is -2.39. The zero-order chi connectivity index (χ0) is 20.9. The number of alkyl halides is 3. The smallest absolute Gasteiger partial charge is 0.370 e. The highest BCUT2D eigenvalue weighted by molar-refractivity contribution is 7.09. The van der Waals surface area contributed by atoms with E-state index >= 15 is 0 Å². The van der Waals surface area contributed by atoms with E-state index in [1.807, 2.05) is 18.5 Å². The first-order valence-electron chi connectivity index (χ1n) is 9.78. The number of nitrogens with zero attached hydrogens (tertiary/aromatic N) is 2. The van der Waals surface area contributed by atoms with Crippen LogP contribution in [0.25, 0.3) is 0 Å². The Balaban J connectivity index is 1.61. The second-order valence-electron chi connectivity index (χ2n) is 7.43. The molecule has 2 heterocycles. The molecule has 8 heteroatoms. The molecule has 1 aromatic heterocycles. The second-order valence-corrected chi connectivity index (χ2v) is 8.46. The monoisotopic (exact) mass is 424 g/mol. The molecule has 1 aliphatic rings. The molecule has 1 aliphatic heterocycles. The van der Waals surface area contributed by atoms with Gasteiger partial charge < -0.3 is 11.1 Å². The van der Waals surface area contributed by atoms with Gasteiger partial charge in [-0.05, 0) is 67.9 Å². The van der Waals surface area contributed by atoms with Gasteiger partial charge in [0.15, 0.2) is 5.96 Å². The van der Waals surface area contributed by atoms with Crippen LogP contribution in [-0.4, -0.2) is 37.5 Å². The van der Waals surface area contributed by atoms with Gasteiger partial charge in [0.25, 0.3) is 0 Å². The average Bonchev–Trinajstić information content (AvgIpc) is 3.19. The summed E-state index contributed by atoms with van der Waals surface area (Å²) in [4.78, 5) is 8.01. The van der Waals surface area contributed by atoms with Gasteiger partial charge in [-0.15, -0.1) is 11.3 Å². The first kappa shape index (κ1) is 21.6. The Morgan fingerprint density at radius 2 is 2.03 bits per heavy atom. The van der Waals surface area contributed by atoms with Gasteiger partial charge in [0.05, 0.1) is 5.56 Å². The standard InChI is InChI=1S/C21H27F3N4S/c1-28-12-2-4-16(14-27-20(25)26-11-10-18-5-3-13-29-18)19(28)15-6-8-17(9-7-15)21(22,23)24/h3,5-9,13,16,19H,2,4,10-12,14H2,1H3,(H3,25,26,27). The van der Waals surface area contributed by atoms with Crippen LogP contribution in [-0.2, 0) is 12.6 Å². The van der Waals surface area contributed by atoms with Gasteiger partial charge >= 0.3 is 6.18 Å². The Hall–Kier alpha value is -2.06. The minimum absolute atomic E-state index is 0.0358. The lowest BCUT2D eigenvalue weighted by Gasteiger charge is -2.39. The highest BCUT2D eigenvalue weighted by atomic mass is 32.1. The van der Waals surface area contributed by atoms with Crippen molar-refractivity contribution in [1.29, 1.82) is 0 Å². The lowest BCUT2D eigenvalue weighted by atomic mass is 9.84. The minimum Gasteiger partial charge on any atom is -0.370 e. The highest BCUT2D eigenvalue weighted by Crippen LogP contribution is 2.37. The quantitative estimate of drug-likeness (QED) is 0.537. The molecule has 0 spiro atoms. The molecule has 3 N–H and O–H groups in total. The molecule has 0 saturated carbocycles. The highest BCUT2D eigenvalue weighted by Gasteiger charge is 2.33. The van der Waals surface area contributed by atoms with E-state index in [1.165, 1.54) is 17.0 Å². The number of hydrogen-bond donors (Lipinski definition) is 2. The molecule has 4 nitrogen and oxygen atoms in total. The van der Waals surface area contributed by atoms with E-state index in [-0.39, 0.29) is 12.0 Å². The number of piperidine rings is 1. The summed E-state index contributed by atoms with van der Waals surface area (Å²) in [6.45, 7) is 2.19. The van der Waals surface area contributed by atoms with Crippen LogP contribution in [0.3, 0.4) is 0 Å². The van der Waals surface area contributed by atoms with Crippen molar-refractivity contribution >= 4 is 17.3 Å². The SMILES string of the molecule is CN1CCCC(CN=C(N)NCCc2cccs2)C1c1ccc(C(F)(F)F)cc1. The molecule has 0 bridgehead atoms. The predicted molar refractivity (Wildman–Crippen MR) is 112 cm³/mol. The molecule has 0 aliphatic carbocycles. The summed E-state index contributed by atoms with van der Waals surface area (Å²) in [5.74, 6) is 0.629. The molecule has 1 fully saturated rings. The Labute approximate surface area is 173 Å². The molecule has 0 radical (unpaired) electrons. The largest absolute Gasteiger partial charge is 0.416 e. The van der Waals surface area contributed by atoms with E-state index < -0.39 is 11.7 Å². The average molecular weight is 425 g/mol. The minimum atomic E-state index is -4.32. The van der Waals surface area contributed by atoms with E-state index in [4.69, 9.17) is 5.73 Å². The van der Waals surface area contributed by atoms with Crippen LogP contribution in [0.15, 0.2) is 46.8 Å². The fourth-order valence-electron chi connectivity index (χ4n) is 3.89. The first-order chi connectivity index (χ1) is 13.8. The third kappa shape index (κ3) is 5.96. The number of thiophene rings is 1. The molecule has 2 atom stereocenters. The van der Waals surface area contributed by atoms with Gasteiger partial charge in [0.1, 0.15) is 0 Å². The third-order valence-corrected chi connectivity index (χ3v) is 6.28. The van der Waals surface area contributed by atoms with Crippen LogP contribution in [0.5, 0.6) is 0 Å². The van der Waals surface area contributed by atoms with Crippen molar-refractivity contribution in [2.75, 3.05) is 26.7 Å². The Morgan fingerprint density at radius 1 is 1.28 bits per heavy atom. The van der Waals surface area contributed by atoms with Crippen molar-refractivity contribution in [3.05, 3.63) is 57.8 Å². The predicted octanol–water partition coefficient (Wildman–Crippen LogP) is 4.30. The molecule has 29 heavy (non-hydrogen) atoms. The normalized spacial score (nSPS) is 21.3. The first-order valence-corrected chi connectivity index (χ1v) is 10.7. The number of benzene rings is 1. The maximum Gasteiger partial charge on any atom is 0.416 e. The molecular formula is C21H27F3N4S. The third-order valence-electron chi connectivity index (χ3n) is 5.34. The van der Waals surface area contributed by atoms with Gasteiger partial charge in [-0.1, -0.05) is 18.2 Å². The summed E-state index contributed by atoms with van der Waals surface area (Å²) in [5.41, 5.74) is 6.30. The zero-order valence-corrected chi connectivity index (χ0v) is 17.3. The van der Waals surface area contributed by atoms with Gasteiger partial charge in [-0.3, -0.25) is 9.89 Å². The van der Waals surface area contributed by atoms with Crippen molar-refractivity contribution in [2.45, 2.75) is 31.5 Å². The van der Waals surface area contributed by atoms with Gasteiger partial charge in [0, 0.05) is 24.0 Å². The molecular weight excluding hydrogens is 397 g/mol. The summed E-state index contributed by atoms with van der Waals surface area (Å²) in [6.07, 6.45) is -1.40. The lowest BCUT2D eigenvalue weighted by molar-refractivity contribution is -0.137. The van der Waals surface area contributed by atoms with E-state index in [0.717, 1.165) is 37.9 Å². The van der Waals surface area contributed by atoms with E-state index in [9.17, 15) is 13.2 Å². The fourth-order valence-corrected chi connectivity index (χ4v) is 4.60. The zero-order valence-electron chi connectivity index (χ0n) is 16.5. The molecule has 1 saturated heterocycles. The van der Waals surface area contributed by atoms with Crippen LogP contribution >= 0.6 is 11.3 Å². The van der Waals surface area contributed by atoms with Gasteiger partial charge in [-0.2, -0.15) is 13.2 Å². The number of guanidine groups is 1. The molecule has 2 aromatic rings. The van der Waals surface area contributed by atoms with Crippen molar-refractivity contribution in [3.8, 4) is 0 Å². The van der Waals surface area contributed by atoms with Gasteiger partial charge in [0.2, 0.25) is 0 Å². The molecule has 1 aromatic carbocycles. The van der Waals surface area contributed by atoms with Crippen LogP contribution in [0, 0.1) is 5.92 Å². The second kappa shape index (κ2) is 9.63. The van der Waals surface area contributed by atoms with Crippen LogP contribution in [0.1, 0.15) is 34.9 Å². The van der Waals surface area contributed by atoms with Crippen molar-refractivity contribution < 1.29 is 13.2 Å². The Bertz CT molecular complexity index is 787. The molecule has 158 valence electrons. The van der Waals surface area contributed by atoms with E-state index in [1.54, 1.807) is 23.5 Å². The summed E-state index contributed by atoms with van der Waals surface area (Å²) in [5, 5.41) is 5.20. The number of rotatable bonds is 6. The molecule has 3 rings (SSSR count). The van der Waals surface area contributed by atoms with Crippen molar-refractivity contribution in [2.24, 2.45) is 16.6 Å². The number of halogens is 3. The maximum atomic E-state index is 12.9. The summed E-state index contributed by atoms with van der Waals surface area (Å²) in [6, 6.07) is 9.67. The maximum absolute atomic E-state index is 12.9. The molecule has 2 unspecified atom stereocenters. The van der Waals surface area contributed by atoms with Crippen molar-refractivity contribution in [1.82, 2.24) is 10.2 Å². The fraction of sp³-hybridized carbons (Fsp3) is 0.476. The van der Waals surface area contributed by atoms with Crippen LogP contribution in [0.4, 0.5) is 13.2 Å². The van der Waals surface area contributed by atoms with E-state index in [0.29, 0.717) is 12.5 Å². The number of hydrogen-bond acceptors (Lipinski definition) is 3. The van der Waals surface area contributed by atoms with Crippen LogP contribution in [0.2, 0.25) is 0 Å². The number of nitrogens with one attached hydrogen (secondary N) is 1.